The standard InChI is InChI=1S/C35H47NO8/c1-9-41-30(37)19-18-26(31(38)42-10-2)22-29-23-27(32(39)43-34(3,4)5)16-17-28(29)24-36(33(40)44-35(6,7)8)21-20-25-14-12-11-13-15-25/h11-17,22-23H,9-10,18-21,24H2,1-8H3. The van der Waals surface area contributed by atoms with Crippen LogP contribution >= 0.6 is 0 Å². The van der Waals surface area contributed by atoms with Crippen LogP contribution in [0.25, 0.3) is 6.08 Å². The van der Waals surface area contributed by atoms with Crippen molar-refractivity contribution in [3.8, 4) is 0 Å². The van der Waals surface area contributed by atoms with Crippen LogP contribution in [0.4, 0.5) is 4.79 Å². The fourth-order valence-electron chi connectivity index (χ4n) is 4.13. The summed E-state index contributed by atoms with van der Waals surface area (Å²) >= 11 is 0. The van der Waals surface area contributed by atoms with Gasteiger partial charge < -0.3 is 23.8 Å². The van der Waals surface area contributed by atoms with Crippen LogP contribution in [0.5, 0.6) is 0 Å². The van der Waals surface area contributed by atoms with Crippen molar-refractivity contribution in [1.29, 1.82) is 0 Å². The molecule has 0 atom stereocenters. The van der Waals surface area contributed by atoms with E-state index in [2.05, 4.69) is 0 Å². The van der Waals surface area contributed by atoms with Gasteiger partial charge in [-0.25, -0.2) is 14.4 Å². The van der Waals surface area contributed by atoms with Gasteiger partial charge in [-0.3, -0.25) is 4.79 Å². The Morgan fingerprint density at radius 1 is 0.795 bits per heavy atom. The molecule has 0 N–H and O–H groups in total. The smallest absolute Gasteiger partial charge is 0.410 e. The summed E-state index contributed by atoms with van der Waals surface area (Å²) in [6, 6.07) is 14.8. The lowest BCUT2D eigenvalue weighted by atomic mass is 9.98. The first-order valence-corrected chi connectivity index (χ1v) is 15.0. The molecule has 0 radical (unpaired) electrons. The summed E-state index contributed by atoms with van der Waals surface area (Å²) in [6.45, 7) is 15.0. The number of hydrogen-bond donors (Lipinski definition) is 0. The molecule has 0 aliphatic carbocycles. The van der Waals surface area contributed by atoms with Crippen molar-refractivity contribution >= 4 is 30.1 Å². The minimum absolute atomic E-state index is 0.0271. The molecular weight excluding hydrogens is 562 g/mol. The maximum Gasteiger partial charge on any atom is 0.410 e. The molecule has 0 saturated carbocycles. The molecule has 0 aliphatic rings. The third-order valence-corrected chi connectivity index (χ3v) is 6.08. The van der Waals surface area contributed by atoms with Gasteiger partial charge in [0.15, 0.2) is 0 Å². The van der Waals surface area contributed by atoms with E-state index >= 15 is 0 Å². The van der Waals surface area contributed by atoms with E-state index in [9.17, 15) is 19.2 Å². The molecule has 0 unspecified atom stereocenters. The van der Waals surface area contributed by atoms with Crippen LogP contribution < -0.4 is 0 Å². The van der Waals surface area contributed by atoms with Gasteiger partial charge in [0.25, 0.3) is 0 Å². The topological polar surface area (TPSA) is 108 Å². The largest absolute Gasteiger partial charge is 0.466 e. The molecule has 2 rings (SSSR count). The number of nitrogens with zero attached hydrogens (tertiary/aromatic N) is 1. The average molecular weight is 610 g/mol. The van der Waals surface area contributed by atoms with E-state index in [0.29, 0.717) is 24.1 Å². The second-order valence-electron chi connectivity index (χ2n) is 12.2. The first-order valence-electron chi connectivity index (χ1n) is 15.0. The molecule has 0 saturated heterocycles. The van der Waals surface area contributed by atoms with Gasteiger partial charge in [0.05, 0.1) is 18.8 Å². The molecular formula is C35H47NO8. The second-order valence-corrected chi connectivity index (χ2v) is 12.2. The molecule has 9 nitrogen and oxygen atoms in total. The second kappa shape index (κ2) is 16.6. The predicted molar refractivity (Wildman–Crippen MR) is 169 cm³/mol. The third-order valence-electron chi connectivity index (χ3n) is 6.08. The highest BCUT2D eigenvalue weighted by Gasteiger charge is 2.25. The van der Waals surface area contributed by atoms with Gasteiger partial charge in [-0.15, -0.1) is 0 Å². The summed E-state index contributed by atoms with van der Waals surface area (Å²) in [6.07, 6.45) is 1.74. The Kier molecular flexibility index (Phi) is 13.6. The fourth-order valence-corrected chi connectivity index (χ4v) is 4.13. The fraction of sp³-hybridized carbons (Fsp3) is 0.486. The van der Waals surface area contributed by atoms with Gasteiger partial charge in [-0.05, 0) is 103 Å². The van der Waals surface area contributed by atoms with Crippen LogP contribution in [-0.2, 0) is 41.5 Å². The Labute approximate surface area is 261 Å². The molecule has 0 aliphatic heterocycles. The Hall–Kier alpha value is -4.14. The summed E-state index contributed by atoms with van der Waals surface area (Å²) < 4.78 is 21.6. The van der Waals surface area contributed by atoms with E-state index in [1.165, 1.54) is 0 Å². The summed E-state index contributed by atoms with van der Waals surface area (Å²) in [5.74, 6) is -1.56. The molecule has 0 spiro atoms. The normalized spacial score (nSPS) is 11.9. The Bertz CT molecular complexity index is 1300. The van der Waals surface area contributed by atoms with E-state index in [1.54, 1.807) is 84.6 Å². The van der Waals surface area contributed by atoms with Crippen LogP contribution in [-0.4, -0.2) is 59.9 Å². The van der Waals surface area contributed by atoms with Crippen LogP contribution in [0.2, 0.25) is 0 Å². The Morgan fingerprint density at radius 2 is 1.43 bits per heavy atom. The summed E-state index contributed by atoms with van der Waals surface area (Å²) in [5, 5.41) is 0. The van der Waals surface area contributed by atoms with Crippen molar-refractivity contribution in [3.63, 3.8) is 0 Å². The molecule has 2 aromatic rings. The molecule has 240 valence electrons. The maximum atomic E-state index is 13.4. The lowest BCUT2D eigenvalue weighted by molar-refractivity contribution is -0.143. The van der Waals surface area contributed by atoms with E-state index in [1.807, 2.05) is 30.3 Å². The number of ether oxygens (including phenoxy) is 4. The summed E-state index contributed by atoms with van der Waals surface area (Å²) in [4.78, 5) is 53.1. The first-order chi connectivity index (χ1) is 20.6. The van der Waals surface area contributed by atoms with Crippen molar-refractivity contribution in [1.82, 2.24) is 4.90 Å². The SMILES string of the molecule is CCOC(=O)CCC(=Cc1cc(C(=O)OC(C)(C)C)ccc1CN(CCc1ccccc1)C(=O)OC(C)(C)C)C(=O)OCC. The predicted octanol–water partition coefficient (Wildman–Crippen LogP) is 6.91. The van der Waals surface area contributed by atoms with Gasteiger partial charge in [0.2, 0.25) is 0 Å². The van der Waals surface area contributed by atoms with Crippen LogP contribution in [0, 0.1) is 0 Å². The zero-order chi connectivity index (χ0) is 32.9. The van der Waals surface area contributed by atoms with Gasteiger partial charge in [-0.2, -0.15) is 0 Å². The van der Waals surface area contributed by atoms with Crippen molar-refractivity contribution in [2.24, 2.45) is 0 Å². The van der Waals surface area contributed by atoms with Gasteiger partial charge >= 0.3 is 24.0 Å². The Morgan fingerprint density at radius 3 is 2.02 bits per heavy atom. The lowest BCUT2D eigenvalue weighted by Crippen LogP contribution is -2.37. The molecule has 0 bridgehead atoms. The summed E-state index contributed by atoms with van der Waals surface area (Å²) in [7, 11) is 0. The molecule has 2 aromatic carbocycles. The van der Waals surface area contributed by atoms with Gasteiger partial charge in [0.1, 0.15) is 11.2 Å². The molecule has 0 heterocycles. The van der Waals surface area contributed by atoms with E-state index < -0.39 is 35.2 Å². The Balaban J connectivity index is 2.59. The third kappa shape index (κ3) is 13.0. The molecule has 0 aromatic heterocycles. The van der Waals surface area contributed by atoms with Crippen LogP contribution in [0.15, 0.2) is 54.1 Å². The van der Waals surface area contributed by atoms with E-state index in [4.69, 9.17) is 18.9 Å². The highest BCUT2D eigenvalue weighted by atomic mass is 16.6. The highest BCUT2D eigenvalue weighted by Crippen LogP contribution is 2.24. The zero-order valence-corrected chi connectivity index (χ0v) is 27.4. The lowest BCUT2D eigenvalue weighted by Gasteiger charge is -2.28. The number of esters is 3. The first kappa shape index (κ1) is 36.1. The number of benzene rings is 2. The number of carbonyl (C=O) groups is 4. The average Bonchev–Trinajstić information content (AvgIpc) is 2.92. The number of hydrogen-bond acceptors (Lipinski definition) is 8. The monoisotopic (exact) mass is 609 g/mol. The maximum absolute atomic E-state index is 13.4. The van der Waals surface area contributed by atoms with Gasteiger partial charge in [0, 0.05) is 25.1 Å². The van der Waals surface area contributed by atoms with Crippen molar-refractivity contribution in [3.05, 3.63) is 76.4 Å². The molecule has 9 heteroatoms. The molecule has 1 amide bonds. The van der Waals surface area contributed by atoms with Crippen LogP contribution in [0.1, 0.15) is 95.3 Å². The van der Waals surface area contributed by atoms with Crippen molar-refractivity contribution in [2.75, 3.05) is 19.8 Å². The summed E-state index contributed by atoms with van der Waals surface area (Å²) in [5.41, 5.74) is 1.31. The quantitative estimate of drug-likeness (QED) is 0.137. The number of amides is 1. The molecule has 44 heavy (non-hydrogen) atoms. The zero-order valence-electron chi connectivity index (χ0n) is 27.4. The van der Waals surface area contributed by atoms with E-state index in [0.717, 1.165) is 5.56 Å². The highest BCUT2D eigenvalue weighted by molar-refractivity contribution is 5.96. The molecule has 0 fully saturated rings. The van der Waals surface area contributed by atoms with Crippen molar-refractivity contribution < 1.29 is 38.1 Å². The van der Waals surface area contributed by atoms with E-state index in [-0.39, 0.29) is 43.7 Å². The minimum atomic E-state index is -0.716. The van der Waals surface area contributed by atoms with Crippen molar-refractivity contribution in [2.45, 2.75) is 92.4 Å². The van der Waals surface area contributed by atoms with Gasteiger partial charge in [-0.1, -0.05) is 36.4 Å². The number of carbonyl (C=O) groups excluding carboxylic acids is 4. The van der Waals surface area contributed by atoms with Crippen LogP contribution in [0.3, 0.4) is 0 Å². The minimum Gasteiger partial charge on any atom is -0.466 e. The number of rotatable bonds is 13.